The second-order valence-electron chi connectivity index (χ2n) is 2.34. The summed E-state index contributed by atoms with van der Waals surface area (Å²) in [5.41, 5.74) is 4.41. The Morgan fingerprint density at radius 2 is 1.92 bits per heavy atom. The van der Waals surface area contributed by atoms with Crippen LogP contribution >= 0.6 is 0 Å². The van der Waals surface area contributed by atoms with Crippen molar-refractivity contribution < 1.29 is 17.9 Å². The highest BCUT2D eigenvalue weighted by molar-refractivity contribution is 5.45. The predicted molar refractivity (Wildman–Crippen MR) is 41.9 cm³/mol. The molecule has 0 aliphatic carbocycles. The van der Waals surface area contributed by atoms with Gasteiger partial charge in [0.15, 0.2) is 17.4 Å². The van der Waals surface area contributed by atoms with Crippen LogP contribution in [0.3, 0.4) is 0 Å². The van der Waals surface area contributed by atoms with Crippen LogP contribution in [0.5, 0.6) is 5.75 Å². The van der Waals surface area contributed by atoms with Gasteiger partial charge in [-0.3, -0.25) is 0 Å². The number of hydrogen-bond acceptors (Lipinski definition) is 2. The molecule has 2 N–H and O–H groups in total. The van der Waals surface area contributed by atoms with Crippen molar-refractivity contribution in [1.82, 2.24) is 0 Å². The van der Waals surface area contributed by atoms with E-state index in [0.717, 1.165) is 0 Å². The molecule has 13 heavy (non-hydrogen) atoms. The third-order valence-electron chi connectivity index (χ3n) is 1.43. The summed E-state index contributed by atoms with van der Waals surface area (Å²) in [5.74, 6) is -4.41. The molecule has 0 aromatic heterocycles. The minimum atomic E-state index is -1.39. The van der Waals surface area contributed by atoms with Crippen molar-refractivity contribution in [2.45, 2.75) is 6.92 Å². The fourth-order valence-corrected chi connectivity index (χ4v) is 0.873. The van der Waals surface area contributed by atoms with Crippen molar-refractivity contribution in [3.63, 3.8) is 0 Å². The molecule has 0 amide bonds. The maximum Gasteiger partial charge on any atom is 0.205 e. The molecular formula is C8H8F3NO. The number of anilines is 1. The van der Waals surface area contributed by atoms with E-state index in [4.69, 9.17) is 5.73 Å². The molecule has 0 fully saturated rings. The lowest BCUT2D eigenvalue weighted by Crippen LogP contribution is -2.03. The molecule has 1 aromatic carbocycles. The van der Waals surface area contributed by atoms with Crippen molar-refractivity contribution in [1.29, 1.82) is 0 Å². The van der Waals surface area contributed by atoms with Crippen LogP contribution in [-0.2, 0) is 0 Å². The van der Waals surface area contributed by atoms with Crippen molar-refractivity contribution in [3.8, 4) is 5.75 Å². The SMILES string of the molecule is CCOc1c(F)cc(N)c(F)c1F. The summed E-state index contributed by atoms with van der Waals surface area (Å²) in [6, 6.07) is 0.684. The first-order valence-electron chi connectivity index (χ1n) is 3.63. The summed E-state index contributed by atoms with van der Waals surface area (Å²) in [7, 11) is 0. The van der Waals surface area contributed by atoms with Crippen LogP contribution in [0.4, 0.5) is 18.9 Å². The largest absolute Gasteiger partial charge is 0.488 e. The molecule has 0 radical (unpaired) electrons. The van der Waals surface area contributed by atoms with E-state index >= 15 is 0 Å². The molecule has 0 spiro atoms. The van der Waals surface area contributed by atoms with Gasteiger partial charge >= 0.3 is 0 Å². The fourth-order valence-electron chi connectivity index (χ4n) is 0.873. The van der Waals surface area contributed by atoms with Crippen LogP contribution in [0.2, 0.25) is 0 Å². The van der Waals surface area contributed by atoms with Gasteiger partial charge in [0.2, 0.25) is 5.82 Å². The van der Waals surface area contributed by atoms with Gasteiger partial charge in [-0.1, -0.05) is 0 Å². The second-order valence-corrected chi connectivity index (χ2v) is 2.34. The van der Waals surface area contributed by atoms with E-state index in [2.05, 4.69) is 4.74 Å². The standard InChI is InChI=1S/C8H8F3NO/c1-2-13-8-4(9)3-5(12)6(10)7(8)11/h3H,2,12H2,1H3. The van der Waals surface area contributed by atoms with E-state index in [0.29, 0.717) is 6.07 Å². The summed E-state index contributed by atoms with van der Waals surface area (Å²) in [6.45, 7) is 1.59. The highest BCUT2D eigenvalue weighted by Gasteiger charge is 2.17. The number of ether oxygens (including phenoxy) is 1. The molecule has 0 bridgehead atoms. The number of nitrogen functional groups attached to an aromatic ring is 1. The number of halogens is 3. The van der Waals surface area contributed by atoms with Crippen molar-refractivity contribution in [2.24, 2.45) is 0 Å². The first-order chi connectivity index (χ1) is 6.07. The molecule has 2 nitrogen and oxygen atoms in total. The molecule has 0 aliphatic rings. The average molecular weight is 191 g/mol. The third-order valence-corrected chi connectivity index (χ3v) is 1.43. The Balaban J connectivity index is 3.26. The summed E-state index contributed by atoms with van der Waals surface area (Å²) < 4.78 is 43.1. The van der Waals surface area contributed by atoms with E-state index in [-0.39, 0.29) is 6.61 Å². The number of rotatable bonds is 2. The summed E-state index contributed by atoms with van der Waals surface area (Å²) in [6.07, 6.45) is 0. The van der Waals surface area contributed by atoms with Crippen molar-refractivity contribution in [2.75, 3.05) is 12.3 Å². The Kier molecular flexibility index (Phi) is 2.65. The van der Waals surface area contributed by atoms with Gasteiger partial charge < -0.3 is 10.5 Å². The highest BCUT2D eigenvalue weighted by Crippen LogP contribution is 2.27. The minimum Gasteiger partial charge on any atom is -0.488 e. The first kappa shape index (κ1) is 9.70. The zero-order chi connectivity index (χ0) is 10.0. The van der Waals surface area contributed by atoms with Crippen molar-refractivity contribution in [3.05, 3.63) is 23.5 Å². The Labute approximate surface area is 73.1 Å². The van der Waals surface area contributed by atoms with Gasteiger partial charge in [0.25, 0.3) is 0 Å². The Morgan fingerprint density at radius 1 is 1.31 bits per heavy atom. The van der Waals surface area contributed by atoms with Crippen LogP contribution in [-0.4, -0.2) is 6.61 Å². The molecule has 0 heterocycles. The van der Waals surface area contributed by atoms with E-state index < -0.39 is 28.9 Å². The monoisotopic (exact) mass is 191 g/mol. The normalized spacial score (nSPS) is 10.2. The number of benzene rings is 1. The molecule has 0 saturated carbocycles. The molecule has 0 atom stereocenters. The van der Waals surface area contributed by atoms with Crippen LogP contribution in [0.15, 0.2) is 6.07 Å². The lowest BCUT2D eigenvalue weighted by Gasteiger charge is -2.07. The number of hydrogen-bond donors (Lipinski definition) is 1. The topological polar surface area (TPSA) is 35.2 Å². The molecule has 0 unspecified atom stereocenters. The minimum absolute atomic E-state index is 0.0528. The first-order valence-corrected chi connectivity index (χ1v) is 3.63. The molecule has 0 aliphatic heterocycles. The Morgan fingerprint density at radius 3 is 2.46 bits per heavy atom. The lowest BCUT2D eigenvalue weighted by molar-refractivity contribution is 0.296. The predicted octanol–water partition coefficient (Wildman–Crippen LogP) is 2.08. The molecule has 0 saturated heterocycles. The fraction of sp³-hybridized carbons (Fsp3) is 0.250. The Bertz CT molecular complexity index is 328. The van der Waals surface area contributed by atoms with Crippen LogP contribution < -0.4 is 10.5 Å². The molecule has 1 aromatic rings. The van der Waals surface area contributed by atoms with Crippen LogP contribution in [0.25, 0.3) is 0 Å². The van der Waals surface area contributed by atoms with Crippen LogP contribution in [0.1, 0.15) is 6.92 Å². The zero-order valence-corrected chi connectivity index (χ0v) is 6.90. The quantitative estimate of drug-likeness (QED) is 0.573. The summed E-state index contributed by atoms with van der Waals surface area (Å²) >= 11 is 0. The van der Waals surface area contributed by atoms with Crippen LogP contribution in [0, 0.1) is 17.5 Å². The van der Waals surface area contributed by atoms with E-state index in [1.54, 1.807) is 0 Å². The Hall–Kier alpha value is -1.39. The zero-order valence-electron chi connectivity index (χ0n) is 6.90. The maximum absolute atomic E-state index is 12.9. The molecule has 1 rings (SSSR count). The summed E-state index contributed by atoms with van der Waals surface area (Å²) in [4.78, 5) is 0. The summed E-state index contributed by atoms with van der Waals surface area (Å²) in [5, 5.41) is 0. The molecule has 5 heteroatoms. The second kappa shape index (κ2) is 3.55. The molecule has 72 valence electrons. The van der Waals surface area contributed by atoms with Gasteiger partial charge in [-0.15, -0.1) is 0 Å². The third kappa shape index (κ3) is 1.68. The van der Waals surface area contributed by atoms with E-state index in [1.165, 1.54) is 6.92 Å². The number of nitrogens with two attached hydrogens (primary N) is 1. The average Bonchev–Trinajstić information content (AvgIpc) is 2.09. The highest BCUT2D eigenvalue weighted by atomic mass is 19.2. The van der Waals surface area contributed by atoms with Gasteiger partial charge in [0.1, 0.15) is 0 Å². The van der Waals surface area contributed by atoms with Gasteiger partial charge in [0.05, 0.1) is 12.3 Å². The lowest BCUT2D eigenvalue weighted by atomic mass is 10.2. The van der Waals surface area contributed by atoms with Gasteiger partial charge in [-0.25, -0.2) is 8.78 Å². The maximum atomic E-state index is 12.9. The van der Waals surface area contributed by atoms with E-state index in [9.17, 15) is 13.2 Å². The van der Waals surface area contributed by atoms with Gasteiger partial charge in [-0.2, -0.15) is 4.39 Å². The smallest absolute Gasteiger partial charge is 0.205 e. The van der Waals surface area contributed by atoms with Gasteiger partial charge in [0, 0.05) is 6.07 Å². The molecular weight excluding hydrogens is 183 g/mol. The van der Waals surface area contributed by atoms with E-state index in [1.807, 2.05) is 0 Å². The van der Waals surface area contributed by atoms with Crippen molar-refractivity contribution >= 4 is 5.69 Å². The van der Waals surface area contributed by atoms with Gasteiger partial charge in [-0.05, 0) is 6.92 Å².